The fraction of sp³-hybridized carbons (Fsp3) is 0.727. The van der Waals surface area contributed by atoms with Gasteiger partial charge in [-0.1, -0.05) is 42.2 Å². The number of hydrogen-bond acceptors (Lipinski definition) is 4. The van der Waals surface area contributed by atoms with Crippen molar-refractivity contribution < 1.29 is 14.6 Å². The normalized spacial score (nSPS) is 23.7. The number of nitrogens with one attached hydrogen (secondary N) is 1. The van der Waals surface area contributed by atoms with Gasteiger partial charge in [0.2, 0.25) is 0 Å². The van der Waals surface area contributed by atoms with Crippen LogP contribution in [0.2, 0.25) is 25.7 Å². The second kappa shape index (κ2) is 6.35. The van der Waals surface area contributed by atoms with Crippen molar-refractivity contribution in [3.05, 3.63) is 12.3 Å². The first-order valence-electron chi connectivity index (χ1n) is 5.90. The lowest BCUT2D eigenvalue weighted by atomic mass is 10.1. The van der Waals surface area contributed by atoms with Crippen molar-refractivity contribution in [2.75, 3.05) is 17.8 Å². The van der Waals surface area contributed by atoms with E-state index in [0.29, 0.717) is 11.2 Å². The third kappa shape index (κ3) is 4.52. The summed E-state index contributed by atoms with van der Waals surface area (Å²) >= 11 is 2.07. The Morgan fingerprint density at radius 3 is 2.67 bits per heavy atom. The number of rotatable bonds is 7. The first kappa shape index (κ1) is 15.9. The number of carboxylic acids is 1. The number of carbonyl (C=O) groups is 1. The third-order valence-electron chi connectivity index (χ3n) is 2.70. The molecule has 0 radical (unpaired) electrons. The molecule has 1 rings (SSSR count). The lowest BCUT2D eigenvalue weighted by Gasteiger charge is -2.26. The average Bonchev–Trinajstić information content (AvgIpc) is 2.68. The smallest absolute Gasteiger partial charge is 0.330 e. The summed E-state index contributed by atoms with van der Waals surface area (Å²) in [7, 11) is -1.06. The van der Waals surface area contributed by atoms with Crippen LogP contribution in [0.25, 0.3) is 0 Å². The molecule has 0 spiro atoms. The summed E-state index contributed by atoms with van der Waals surface area (Å²) < 4.78 is 6.04. The molecule has 1 atom stereocenters. The van der Waals surface area contributed by atoms with Gasteiger partial charge in [0, 0.05) is 25.3 Å². The summed E-state index contributed by atoms with van der Waals surface area (Å²) in [6, 6.07) is 1.11. The zero-order valence-corrected chi connectivity index (χ0v) is 14.2. The summed E-state index contributed by atoms with van der Waals surface area (Å²) in [5.41, 5.74) is 1.97. The first-order valence-corrected chi connectivity index (χ1v) is 11.1. The van der Waals surface area contributed by atoms with Crippen molar-refractivity contribution in [3.63, 3.8) is 0 Å². The molecule has 0 aliphatic carbocycles. The third-order valence-corrected chi connectivity index (χ3v) is 5.61. The molecule has 2 N–H and O–H groups in total. The van der Waals surface area contributed by atoms with Crippen molar-refractivity contribution in [1.29, 1.82) is 0 Å². The minimum absolute atomic E-state index is 0.382. The number of nitrogens with zero attached hydrogens (tertiary/aromatic N) is 1. The standard InChI is InChI=1S/C11H21IN2O3Si/c1-18(2,3)7-6-17-9-14-5-4-11(8-12,13-14)10(15)16/h4-5,13H,6-9H2,1-3H3,(H,15,16). The Hall–Kier alpha value is -0.123. The van der Waals surface area contributed by atoms with Crippen LogP contribution in [0.4, 0.5) is 0 Å². The second-order valence-electron chi connectivity index (χ2n) is 5.66. The number of alkyl halides is 1. The van der Waals surface area contributed by atoms with Crippen molar-refractivity contribution in [1.82, 2.24) is 10.4 Å². The van der Waals surface area contributed by atoms with E-state index in [2.05, 4.69) is 47.7 Å². The molecule has 5 nitrogen and oxygen atoms in total. The molecule has 0 saturated heterocycles. The Labute approximate surface area is 123 Å². The van der Waals surface area contributed by atoms with Crippen molar-refractivity contribution >= 4 is 36.6 Å². The second-order valence-corrected chi connectivity index (χ2v) is 12.0. The van der Waals surface area contributed by atoms with E-state index in [4.69, 9.17) is 4.74 Å². The Balaban J connectivity index is 2.32. The molecular formula is C11H21IN2O3Si. The number of aliphatic carboxylic acids is 1. The van der Waals surface area contributed by atoms with Crippen LogP contribution in [-0.4, -0.2) is 47.5 Å². The van der Waals surface area contributed by atoms with Crippen LogP contribution >= 0.6 is 22.6 Å². The van der Waals surface area contributed by atoms with E-state index >= 15 is 0 Å². The van der Waals surface area contributed by atoms with Crippen molar-refractivity contribution in [2.24, 2.45) is 0 Å². The maximum atomic E-state index is 11.2. The minimum Gasteiger partial charge on any atom is -0.480 e. The molecule has 0 amide bonds. The molecule has 0 aromatic heterocycles. The largest absolute Gasteiger partial charge is 0.480 e. The van der Waals surface area contributed by atoms with Gasteiger partial charge in [-0.25, -0.2) is 10.2 Å². The lowest BCUT2D eigenvalue weighted by molar-refractivity contribution is -0.143. The molecule has 0 saturated carbocycles. The molecule has 104 valence electrons. The van der Waals surface area contributed by atoms with Crippen LogP contribution in [0.5, 0.6) is 0 Å². The van der Waals surface area contributed by atoms with Crippen LogP contribution in [-0.2, 0) is 9.53 Å². The maximum absolute atomic E-state index is 11.2. The molecule has 1 aliphatic heterocycles. The number of hydrogen-bond donors (Lipinski definition) is 2. The van der Waals surface area contributed by atoms with Gasteiger partial charge < -0.3 is 9.84 Å². The zero-order chi connectivity index (χ0) is 13.8. The summed E-state index contributed by atoms with van der Waals surface area (Å²) in [4.78, 5) is 11.2. The Kier molecular flexibility index (Phi) is 5.62. The predicted molar refractivity (Wildman–Crippen MR) is 82.3 cm³/mol. The Bertz CT molecular complexity index is 333. The predicted octanol–water partition coefficient (Wildman–Crippen LogP) is 1.89. The van der Waals surface area contributed by atoms with Gasteiger partial charge in [0.05, 0.1) is 0 Å². The van der Waals surface area contributed by atoms with Gasteiger partial charge in [0.15, 0.2) is 5.54 Å². The van der Waals surface area contributed by atoms with E-state index in [1.54, 1.807) is 17.3 Å². The fourth-order valence-electron chi connectivity index (χ4n) is 1.42. The number of carboxylic acid groups (broad SMARTS) is 1. The van der Waals surface area contributed by atoms with E-state index in [1.165, 1.54) is 0 Å². The number of halogens is 1. The van der Waals surface area contributed by atoms with Gasteiger partial charge in [0.25, 0.3) is 0 Å². The van der Waals surface area contributed by atoms with Gasteiger partial charge in [0.1, 0.15) is 6.73 Å². The molecule has 0 fully saturated rings. The van der Waals surface area contributed by atoms with Crippen LogP contribution in [0.15, 0.2) is 12.3 Å². The molecule has 1 aliphatic rings. The Morgan fingerprint density at radius 2 is 2.22 bits per heavy atom. The van der Waals surface area contributed by atoms with E-state index < -0.39 is 19.6 Å². The maximum Gasteiger partial charge on any atom is 0.330 e. The highest BCUT2D eigenvalue weighted by molar-refractivity contribution is 14.1. The van der Waals surface area contributed by atoms with Crippen LogP contribution in [0.3, 0.4) is 0 Å². The summed E-state index contributed by atoms with van der Waals surface area (Å²) in [5.74, 6) is -0.863. The average molecular weight is 384 g/mol. The quantitative estimate of drug-likeness (QED) is 0.304. The minimum atomic E-state index is -1.06. The van der Waals surface area contributed by atoms with E-state index in [-0.39, 0.29) is 0 Å². The van der Waals surface area contributed by atoms with Crippen LogP contribution < -0.4 is 5.43 Å². The molecular weight excluding hydrogens is 363 g/mol. The van der Waals surface area contributed by atoms with E-state index in [1.807, 2.05) is 0 Å². The number of ether oxygens (including phenoxy) is 1. The van der Waals surface area contributed by atoms with Crippen LogP contribution in [0.1, 0.15) is 0 Å². The molecule has 1 heterocycles. The van der Waals surface area contributed by atoms with Gasteiger partial charge in [-0.2, -0.15) is 0 Å². The van der Waals surface area contributed by atoms with Gasteiger partial charge in [-0.05, 0) is 12.1 Å². The lowest BCUT2D eigenvalue weighted by Crippen LogP contribution is -2.54. The fourth-order valence-corrected chi connectivity index (χ4v) is 2.92. The topological polar surface area (TPSA) is 61.8 Å². The highest BCUT2D eigenvalue weighted by Gasteiger charge is 2.39. The van der Waals surface area contributed by atoms with Crippen molar-refractivity contribution in [2.45, 2.75) is 31.2 Å². The summed E-state index contributed by atoms with van der Waals surface area (Å²) in [6.07, 6.45) is 3.41. The molecule has 0 bridgehead atoms. The zero-order valence-electron chi connectivity index (χ0n) is 11.1. The Morgan fingerprint density at radius 1 is 1.56 bits per heavy atom. The molecule has 1 unspecified atom stereocenters. The SMILES string of the molecule is C[Si](C)(C)CCOCN1C=CC(CI)(C(=O)O)N1. The van der Waals surface area contributed by atoms with Gasteiger partial charge in [-0.15, -0.1) is 0 Å². The van der Waals surface area contributed by atoms with E-state index in [9.17, 15) is 9.90 Å². The highest BCUT2D eigenvalue weighted by Crippen LogP contribution is 2.18. The van der Waals surface area contributed by atoms with Gasteiger partial charge in [-0.3, -0.25) is 5.01 Å². The summed E-state index contributed by atoms with van der Waals surface area (Å²) in [6.45, 7) is 8.01. The van der Waals surface area contributed by atoms with E-state index in [0.717, 1.165) is 12.7 Å². The molecule has 0 aromatic rings. The summed E-state index contributed by atoms with van der Waals surface area (Å²) in [5, 5.41) is 10.9. The van der Waals surface area contributed by atoms with Gasteiger partial charge >= 0.3 is 5.97 Å². The monoisotopic (exact) mass is 384 g/mol. The molecule has 18 heavy (non-hydrogen) atoms. The van der Waals surface area contributed by atoms with Crippen molar-refractivity contribution in [3.8, 4) is 0 Å². The first-order chi connectivity index (χ1) is 8.29. The highest BCUT2D eigenvalue weighted by atomic mass is 127. The molecule has 0 aromatic carbocycles. The molecule has 7 heteroatoms. The number of hydrazine groups is 1. The van der Waals surface area contributed by atoms with Crippen LogP contribution in [0, 0.1) is 0 Å².